The minimum atomic E-state index is 0.269. The SMILES string of the molecule is O=C(c1cc2c(s1)CCCCC2)N1CCCC1CCCCl. The van der Waals surface area contributed by atoms with Gasteiger partial charge in [0.2, 0.25) is 0 Å². The van der Waals surface area contributed by atoms with E-state index in [9.17, 15) is 4.79 Å². The van der Waals surface area contributed by atoms with E-state index in [0.717, 1.165) is 43.5 Å². The van der Waals surface area contributed by atoms with E-state index in [4.69, 9.17) is 11.6 Å². The van der Waals surface area contributed by atoms with Gasteiger partial charge in [-0.3, -0.25) is 4.79 Å². The van der Waals surface area contributed by atoms with Gasteiger partial charge in [0.1, 0.15) is 0 Å². The molecule has 1 amide bonds. The summed E-state index contributed by atoms with van der Waals surface area (Å²) in [5.74, 6) is 0.969. The summed E-state index contributed by atoms with van der Waals surface area (Å²) >= 11 is 7.56. The summed E-state index contributed by atoms with van der Waals surface area (Å²) in [6.45, 7) is 0.925. The van der Waals surface area contributed by atoms with Crippen LogP contribution in [-0.4, -0.2) is 29.3 Å². The number of likely N-dealkylation sites (tertiary alicyclic amines) is 1. The van der Waals surface area contributed by atoms with Crippen LogP contribution in [0.2, 0.25) is 0 Å². The minimum absolute atomic E-state index is 0.269. The first-order chi connectivity index (χ1) is 10.3. The van der Waals surface area contributed by atoms with Crippen molar-refractivity contribution in [2.24, 2.45) is 0 Å². The molecule has 1 atom stereocenters. The van der Waals surface area contributed by atoms with Crippen LogP contribution in [0.1, 0.15) is 65.1 Å². The van der Waals surface area contributed by atoms with Crippen LogP contribution in [0.4, 0.5) is 0 Å². The maximum Gasteiger partial charge on any atom is 0.264 e. The Morgan fingerprint density at radius 1 is 1.29 bits per heavy atom. The monoisotopic (exact) mass is 325 g/mol. The highest BCUT2D eigenvalue weighted by Crippen LogP contribution is 2.32. The molecule has 4 heteroatoms. The number of hydrogen-bond donors (Lipinski definition) is 0. The van der Waals surface area contributed by atoms with Gasteiger partial charge in [-0.2, -0.15) is 0 Å². The smallest absolute Gasteiger partial charge is 0.264 e. The van der Waals surface area contributed by atoms with Gasteiger partial charge in [-0.05, 0) is 63.0 Å². The Balaban J connectivity index is 1.72. The number of carbonyl (C=O) groups is 1. The van der Waals surface area contributed by atoms with Crippen molar-refractivity contribution in [3.05, 3.63) is 21.4 Å². The third kappa shape index (κ3) is 3.45. The van der Waals surface area contributed by atoms with Gasteiger partial charge in [0.15, 0.2) is 0 Å². The van der Waals surface area contributed by atoms with Crippen LogP contribution in [0, 0.1) is 0 Å². The summed E-state index contributed by atoms with van der Waals surface area (Å²) in [6, 6.07) is 2.60. The molecule has 0 N–H and O–H groups in total. The lowest BCUT2D eigenvalue weighted by atomic mass is 10.1. The van der Waals surface area contributed by atoms with Gasteiger partial charge in [-0.15, -0.1) is 22.9 Å². The van der Waals surface area contributed by atoms with Crippen molar-refractivity contribution in [1.82, 2.24) is 4.90 Å². The fourth-order valence-corrected chi connectivity index (χ4v) is 4.99. The Morgan fingerprint density at radius 3 is 3.00 bits per heavy atom. The molecule has 2 heterocycles. The summed E-state index contributed by atoms with van der Waals surface area (Å²) < 4.78 is 0. The molecule has 0 bridgehead atoms. The second-order valence-corrected chi connectivity index (χ2v) is 7.76. The van der Waals surface area contributed by atoms with Gasteiger partial charge in [-0.25, -0.2) is 0 Å². The second-order valence-electron chi connectivity index (χ2n) is 6.25. The molecule has 0 spiro atoms. The molecule has 3 rings (SSSR count). The second kappa shape index (κ2) is 7.15. The highest BCUT2D eigenvalue weighted by Gasteiger charge is 2.30. The van der Waals surface area contributed by atoms with Crippen molar-refractivity contribution in [2.45, 2.75) is 63.8 Å². The summed E-state index contributed by atoms with van der Waals surface area (Å²) in [7, 11) is 0. The lowest BCUT2D eigenvalue weighted by molar-refractivity contribution is 0.0735. The number of nitrogens with zero attached hydrogens (tertiary/aromatic N) is 1. The first kappa shape index (κ1) is 15.4. The van der Waals surface area contributed by atoms with E-state index in [1.165, 1.54) is 36.1 Å². The van der Waals surface area contributed by atoms with E-state index in [1.54, 1.807) is 11.3 Å². The molecule has 21 heavy (non-hydrogen) atoms. The third-order valence-corrected chi connectivity index (χ3v) is 6.26. The number of fused-ring (bicyclic) bond motifs is 1. The van der Waals surface area contributed by atoms with E-state index in [-0.39, 0.29) is 5.91 Å². The Labute approximate surface area is 136 Å². The third-order valence-electron chi connectivity index (χ3n) is 4.77. The maximum atomic E-state index is 12.8. The number of halogens is 1. The zero-order valence-corrected chi connectivity index (χ0v) is 14.1. The highest BCUT2D eigenvalue weighted by molar-refractivity contribution is 7.14. The summed E-state index contributed by atoms with van der Waals surface area (Å²) in [4.78, 5) is 17.4. The molecular weight excluding hydrogens is 302 g/mol. The van der Waals surface area contributed by atoms with Crippen molar-refractivity contribution in [3.63, 3.8) is 0 Å². The topological polar surface area (TPSA) is 20.3 Å². The van der Waals surface area contributed by atoms with E-state index in [2.05, 4.69) is 11.0 Å². The summed E-state index contributed by atoms with van der Waals surface area (Å²) in [5, 5.41) is 0. The molecule has 1 saturated heterocycles. The molecule has 0 aromatic carbocycles. The predicted molar refractivity (Wildman–Crippen MR) is 89.6 cm³/mol. The van der Waals surface area contributed by atoms with Crippen LogP contribution in [0.25, 0.3) is 0 Å². The molecule has 1 fully saturated rings. The zero-order chi connectivity index (χ0) is 14.7. The minimum Gasteiger partial charge on any atom is -0.335 e. The molecule has 2 nitrogen and oxygen atoms in total. The van der Waals surface area contributed by atoms with Crippen molar-refractivity contribution >= 4 is 28.8 Å². The van der Waals surface area contributed by atoms with Crippen molar-refractivity contribution in [1.29, 1.82) is 0 Å². The number of hydrogen-bond acceptors (Lipinski definition) is 2. The van der Waals surface area contributed by atoms with Crippen LogP contribution in [-0.2, 0) is 12.8 Å². The van der Waals surface area contributed by atoms with Crippen LogP contribution in [0.3, 0.4) is 0 Å². The number of rotatable bonds is 4. The molecule has 0 radical (unpaired) electrons. The van der Waals surface area contributed by atoms with Gasteiger partial charge >= 0.3 is 0 Å². The summed E-state index contributed by atoms with van der Waals surface area (Å²) in [6.07, 6.45) is 10.6. The molecular formula is C17H24ClNOS. The van der Waals surface area contributed by atoms with Crippen LogP contribution >= 0.6 is 22.9 Å². The number of amides is 1. The summed E-state index contributed by atoms with van der Waals surface area (Å²) in [5.41, 5.74) is 1.44. The van der Waals surface area contributed by atoms with E-state index >= 15 is 0 Å². The molecule has 0 saturated carbocycles. The average molecular weight is 326 g/mol. The van der Waals surface area contributed by atoms with Gasteiger partial charge in [0.25, 0.3) is 5.91 Å². The highest BCUT2D eigenvalue weighted by atomic mass is 35.5. The van der Waals surface area contributed by atoms with Gasteiger partial charge in [-0.1, -0.05) is 6.42 Å². The van der Waals surface area contributed by atoms with Gasteiger partial charge < -0.3 is 4.90 Å². The number of alkyl halides is 1. The van der Waals surface area contributed by atoms with Gasteiger partial charge in [0.05, 0.1) is 4.88 Å². The molecule has 116 valence electrons. The van der Waals surface area contributed by atoms with Crippen LogP contribution < -0.4 is 0 Å². The predicted octanol–water partition coefficient (Wildman–Crippen LogP) is 4.64. The lowest BCUT2D eigenvalue weighted by Gasteiger charge is -2.24. The largest absolute Gasteiger partial charge is 0.335 e. The standard InChI is InChI=1S/C17H24ClNOS/c18-10-4-7-14-8-5-11-19(14)17(20)16-12-13-6-2-1-3-9-15(13)21-16/h12,14H,1-11H2. The maximum absolute atomic E-state index is 12.8. The molecule has 1 aliphatic heterocycles. The lowest BCUT2D eigenvalue weighted by Crippen LogP contribution is -2.35. The quantitative estimate of drug-likeness (QED) is 0.583. The van der Waals surface area contributed by atoms with E-state index in [1.807, 2.05) is 0 Å². The fourth-order valence-electron chi connectivity index (χ4n) is 3.63. The first-order valence-electron chi connectivity index (χ1n) is 8.28. The fraction of sp³-hybridized carbons (Fsp3) is 0.706. The Kier molecular flexibility index (Phi) is 5.23. The number of thiophene rings is 1. The normalized spacial score (nSPS) is 22.1. The first-order valence-corrected chi connectivity index (χ1v) is 9.63. The number of carbonyl (C=O) groups excluding carboxylic acids is 1. The Morgan fingerprint density at radius 2 is 2.14 bits per heavy atom. The number of aryl methyl sites for hydroxylation is 2. The van der Waals surface area contributed by atoms with Crippen molar-refractivity contribution < 1.29 is 4.79 Å². The van der Waals surface area contributed by atoms with Crippen molar-refractivity contribution in [3.8, 4) is 0 Å². The van der Waals surface area contributed by atoms with E-state index in [0.29, 0.717) is 11.9 Å². The van der Waals surface area contributed by atoms with Gasteiger partial charge in [0, 0.05) is 23.3 Å². The molecule has 1 unspecified atom stereocenters. The Hall–Kier alpha value is -0.540. The van der Waals surface area contributed by atoms with Crippen LogP contribution in [0.5, 0.6) is 0 Å². The molecule has 1 aromatic heterocycles. The molecule has 2 aliphatic rings. The Bertz CT molecular complexity index is 475. The van der Waals surface area contributed by atoms with Crippen LogP contribution in [0.15, 0.2) is 6.07 Å². The zero-order valence-electron chi connectivity index (χ0n) is 12.6. The average Bonchev–Trinajstić information content (AvgIpc) is 3.06. The molecule has 1 aromatic rings. The molecule has 1 aliphatic carbocycles. The van der Waals surface area contributed by atoms with E-state index < -0.39 is 0 Å². The van der Waals surface area contributed by atoms with Crippen molar-refractivity contribution in [2.75, 3.05) is 12.4 Å².